The number of nitrogens with one attached hydrogen (secondary N) is 2. The van der Waals surface area contributed by atoms with Crippen molar-refractivity contribution in [2.45, 2.75) is 50.1 Å². The lowest BCUT2D eigenvalue weighted by atomic mass is 9.71. The van der Waals surface area contributed by atoms with Gasteiger partial charge in [0.15, 0.2) is 11.8 Å². The van der Waals surface area contributed by atoms with Crippen molar-refractivity contribution < 1.29 is 19.3 Å². The number of benzene rings is 1. The third-order valence-corrected chi connectivity index (χ3v) is 8.93. The summed E-state index contributed by atoms with van der Waals surface area (Å²) in [5.41, 5.74) is 4.66. The maximum absolute atomic E-state index is 9.95. The van der Waals surface area contributed by atoms with E-state index in [0.717, 1.165) is 31.7 Å². The number of rotatable bonds is 4. The standard InChI is InChI=1S/C27H32ClN5O4/c28-18-13-19-25(32-26(30-19)37-21-15-36-23-20(34)14-35-24(21)23)31-22(18)16-1-3-17(4-2-16)33-11-7-27(8-12-33)5-9-29-10-6-27/h1-4,13,20-21,23-24,29,34H,5-12,14-15H2,(H,30,31,32)/t20-,21?,23?,24?/m0/s1. The minimum absolute atomic E-state index is 0.255. The summed E-state index contributed by atoms with van der Waals surface area (Å²) < 4.78 is 17.3. The molecular weight excluding hydrogens is 494 g/mol. The molecule has 1 spiro atoms. The van der Waals surface area contributed by atoms with Crippen molar-refractivity contribution in [1.82, 2.24) is 20.3 Å². The Hall–Kier alpha value is -2.43. The Labute approximate surface area is 220 Å². The van der Waals surface area contributed by atoms with Crippen LogP contribution in [0.25, 0.3) is 22.4 Å². The van der Waals surface area contributed by atoms with E-state index in [0.29, 0.717) is 39.9 Å². The zero-order chi connectivity index (χ0) is 25.0. The SMILES string of the molecule is O[C@H]1COC2C(Oc3nc4nc(-c5ccc(N6CCC7(CCNCC7)CC6)cc5)c(Cl)cc4[nH]3)COC21. The maximum atomic E-state index is 9.95. The molecule has 2 aromatic heterocycles. The number of halogens is 1. The summed E-state index contributed by atoms with van der Waals surface area (Å²) in [5.74, 6) is 0. The third kappa shape index (κ3) is 4.36. The van der Waals surface area contributed by atoms with Crippen molar-refractivity contribution in [2.24, 2.45) is 5.41 Å². The molecule has 0 saturated carbocycles. The van der Waals surface area contributed by atoms with Crippen LogP contribution in [0.2, 0.25) is 5.02 Å². The lowest BCUT2D eigenvalue weighted by Crippen LogP contribution is -2.45. The number of nitrogens with zero attached hydrogens (tertiary/aromatic N) is 3. The number of ether oxygens (including phenoxy) is 3. The van der Waals surface area contributed by atoms with Crippen molar-refractivity contribution in [3.8, 4) is 17.3 Å². The van der Waals surface area contributed by atoms with E-state index in [2.05, 4.69) is 44.5 Å². The predicted molar refractivity (Wildman–Crippen MR) is 140 cm³/mol. The molecule has 0 amide bonds. The van der Waals surface area contributed by atoms with Crippen molar-refractivity contribution >= 4 is 28.5 Å². The van der Waals surface area contributed by atoms with Crippen LogP contribution in [0.15, 0.2) is 30.3 Å². The number of anilines is 1. The topological polar surface area (TPSA) is 105 Å². The molecule has 3 aromatic rings. The van der Waals surface area contributed by atoms with Gasteiger partial charge in [0.05, 0.1) is 29.4 Å². The van der Waals surface area contributed by atoms with Gasteiger partial charge in [-0.15, -0.1) is 0 Å². The third-order valence-electron chi connectivity index (χ3n) is 8.64. The number of aromatic nitrogens is 3. The molecule has 4 atom stereocenters. The molecule has 0 radical (unpaired) electrons. The summed E-state index contributed by atoms with van der Waals surface area (Å²) in [6, 6.07) is 10.7. The summed E-state index contributed by atoms with van der Waals surface area (Å²) in [6.45, 7) is 5.13. The number of aliphatic hydroxyl groups is 1. The minimum Gasteiger partial charge on any atom is -0.456 e. The quantitative estimate of drug-likeness (QED) is 0.477. The Bertz CT molecular complexity index is 1270. The van der Waals surface area contributed by atoms with E-state index in [1.807, 2.05) is 6.07 Å². The van der Waals surface area contributed by atoms with Crippen LogP contribution in [0.4, 0.5) is 5.69 Å². The molecule has 4 aliphatic heterocycles. The molecule has 0 aliphatic carbocycles. The number of hydrogen-bond acceptors (Lipinski definition) is 8. The van der Waals surface area contributed by atoms with Gasteiger partial charge in [0, 0.05) is 24.3 Å². The Morgan fingerprint density at radius 3 is 2.54 bits per heavy atom. The maximum Gasteiger partial charge on any atom is 0.296 e. The van der Waals surface area contributed by atoms with Crippen molar-refractivity contribution in [3.05, 3.63) is 35.4 Å². The van der Waals surface area contributed by atoms with Crippen molar-refractivity contribution in [2.75, 3.05) is 44.3 Å². The van der Waals surface area contributed by atoms with Gasteiger partial charge in [-0.3, -0.25) is 0 Å². The molecular formula is C27H32ClN5O4. The molecule has 4 saturated heterocycles. The molecule has 3 unspecified atom stereocenters. The molecule has 4 aliphatic rings. The van der Waals surface area contributed by atoms with Gasteiger partial charge < -0.3 is 34.5 Å². The Kier molecular flexibility index (Phi) is 6.01. The Morgan fingerprint density at radius 1 is 1.00 bits per heavy atom. The monoisotopic (exact) mass is 525 g/mol. The predicted octanol–water partition coefficient (Wildman–Crippen LogP) is 3.15. The zero-order valence-corrected chi connectivity index (χ0v) is 21.4. The Morgan fingerprint density at radius 2 is 1.76 bits per heavy atom. The highest BCUT2D eigenvalue weighted by molar-refractivity contribution is 6.33. The number of aliphatic hydroxyl groups excluding tert-OH is 1. The summed E-state index contributed by atoms with van der Waals surface area (Å²) >= 11 is 6.64. The summed E-state index contributed by atoms with van der Waals surface area (Å²) in [6.07, 6.45) is 3.52. The minimum atomic E-state index is -0.621. The van der Waals surface area contributed by atoms with Gasteiger partial charge in [-0.25, -0.2) is 4.98 Å². The molecule has 7 rings (SSSR count). The van der Waals surface area contributed by atoms with E-state index in [-0.39, 0.29) is 24.9 Å². The molecule has 37 heavy (non-hydrogen) atoms. The lowest BCUT2D eigenvalue weighted by Gasteiger charge is -2.45. The number of H-pyrrole nitrogens is 1. The van der Waals surface area contributed by atoms with Gasteiger partial charge in [-0.05, 0) is 62.4 Å². The van der Waals surface area contributed by atoms with Crippen LogP contribution in [-0.2, 0) is 9.47 Å². The van der Waals surface area contributed by atoms with E-state index in [9.17, 15) is 5.11 Å². The Balaban J connectivity index is 1.06. The van der Waals surface area contributed by atoms with Gasteiger partial charge in [-0.2, -0.15) is 4.98 Å². The van der Waals surface area contributed by atoms with Gasteiger partial charge >= 0.3 is 0 Å². The zero-order valence-electron chi connectivity index (χ0n) is 20.7. The molecule has 10 heteroatoms. The first kappa shape index (κ1) is 23.7. The van der Waals surface area contributed by atoms with E-state index >= 15 is 0 Å². The van der Waals surface area contributed by atoms with E-state index in [1.54, 1.807) is 0 Å². The van der Waals surface area contributed by atoms with Crippen LogP contribution >= 0.6 is 11.6 Å². The average Bonchev–Trinajstić information content (AvgIpc) is 3.61. The lowest BCUT2D eigenvalue weighted by molar-refractivity contribution is 0.00706. The molecule has 196 valence electrons. The fraction of sp³-hybridized carbons (Fsp3) is 0.556. The molecule has 9 nitrogen and oxygen atoms in total. The van der Waals surface area contributed by atoms with Crippen LogP contribution in [0.1, 0.15) is 25.7 Å². The second-order valence-corrected chi connectivity index (χ2v) is 11.2. The highest BCUT2D eigenvalue weighted by atomic mass is 35.5. The second-order valence-electron chi connectivity index (χ2n) is 10.8. The van der Waals surface area contributed by atoms with Crippen molar-refractivity contribution in [3.63, 3.8) is 0 Å². The van der Waals surface area contributed by atoms with E-state index < -0.39 is 6.10 Å². The highest BCUT2D eigenvalue weighted by Gasteiger charge is 2.48. The van der Waals surface area contributed by atoms with E-state index in [4.69, 9.17) is 30.8 Å². The van der Waals surface area contributed by atoms with Gasteiger partial charge in [0.2, 0.25) is 0 Å². The van der Waals surface area contributed by atoms with Gasteiger partial charge in [0.25, 0.3) is 6.01 Å². The first-order valence-electron chi connectivity index (χ1n) is 13.3. The number of hydrogen-bond donors (Lipinski definition) is 3. The van der Waals surface area contributed by atoms with Crippen LogP contribution < -0.4 is 15.0 Å². The summed E-state index contributed by atoms with van der Waals surface area (Å²) in [7, 11) is 0. The smallest absolute Gasteiger partial charge is 0.296 e. The van der Waals surface area contributed by atoms with Gasteiger partial charge in [-0.1, -0.05) is 23.7 Å². The normalized spacial score (nSPS) is 29.2. The molecule has 0 bridgehead atoms. The van der Waals surface area contributed by atoms with Crippen LogP contribution in [-0.4, -0.2) is 83.9 Å². The van der Waals surface area contributed by atoms with Crippen LogP contribution in [0.3, 0.4) is 0 Å². The molecule has 3 N–H and O–H groups in total. The second kappa shape index (κ2) is 9.39. The summed E-state index contributed by atoms with van der Waals surface area (Å²) in [5, 5.41) is 14.0. The fourth-order valence-corrected chi connectivity index (χ4v) is 6.63. The van der Waals surface area contributed by atoms with Crippen molar-refractivity contribution in [1.29, 1.82) is 0 Å². The fourth-order valence-electron chi connectivity index (χ4n) is 6.37. The molecule has 4 fully saturated rings. The summed E-state index contributed by atoms with van der Waals surface area (Å²) in [4.78, 5) is 14.9. The first-order chi connectivity index (χ1) is 18.1. The highest BCUT2D eigenvalue weighted by Crippen LogP contribution is 2.41. The number of imidazole rings is 1. The average molecular weight is 526 g/mol. The van der Waals surface area contributed by atoms with Crippen LogP contribution in [0, 0.1) is 5.41 Å². The van der Waals surface area contributed by atoms with Crippen LogP contribution in [0.5, 0.6) is 6.01 Å². The molecule has 6 heterocycles. The first-order valence-corrected chi connectivity index (χ1v) is 13.7. The number of fused-ring (bicyclic) bond motifs is 2. The molecule has 1 aromatic carbocycles. The number of aromatic amines is 1. The largest absolute Gasteiger partial charge is 0.456 e. The number of pyridine rings is 1. The number of piperidine rings is 2. The van der Waals surface area contributed by atoms with E-state index in [1.165, 1.54) is 31.4 Å². The van der Waals surface area contributed by atoms with Gasteiger partial charge in [0.1, 0.15) is 18.3 Å².